The highest BCUT2D eigenvalue weighted by Crippen LogP contribution is 2.19. The molecule has 2 N–H and O–H groups in total. The SMILES string of the molecule is CSCC[C@@H](NC(=O)[C@H]1CCCN1C(=O)OCc1ccccc1)C(=O)O. The smallest absolute Gasteiger partial charge is 0.410 e. The van der Waals surface area contributed by atoms with Crippen molar-refractivity contribution in [2.75, 3.05) is 18.6 Å². The van der Waals surface area contributed by atoms with Crippen LogP contribution < -0.4 is 5.32 Å². The van der Waals surface area contributed by atoms with Gasteiger partial charge in [-0.05, 0) is 36.8 Å². The molecule has 1 heterocycles. The Labute approximate surface area is 157 Å². The summed E-state index contributed by atoms with van der Waals surface area (Å²) in [5.41, 5.74) is 0.865. The van der Waals surface area contributed by atoms with Crippen LogP contribution in [0.4, 0.5) is 4.79 Å². The fourth-order valence-corrected chi connectivity index (χ4v) is 3.29. The van der Waals surface area contributed by atoms with Crippen molar-refractivity contribution < 1.29 is 24.2 Å². The van der Waals surface area contributed by atoms with Gasteiger partial charge in [-0.3, -0.25) is 9.69 Å². The van der Waals surface area contributed by atoms with Crippen molar-refractivity contribution in [3.05, 3.63) is 35.9 Å². The normalized spacial score (nSPS) is 17.6. The number of thioether (sulfide) groups is 1. The summed E-state index contributed by atoms with van der Waals surface area (Å²) in [5.74, 6) is -0.874. The molecule has 2 rings (SSSR count). The fraction of sp³-hybridized carbons (Fsp3) is 0.500. The van der Waals surface area contributed by atoms with Gasteiger partial charge in [0, 0.05) is 6.54 Å². The predicted molar refractivity (Wildman–Crippen MR) is 98.9 cm³/mol. The van der Waals surface area contributed by atoms with Crippen molar-refractivity contribution in [3.63, 3.8) is 0 Å². The molecule has 142 valence electrons. The van der Waals surface area contributed by atoms with E-state index in [9.17, 15) is 19.5 Å². The Kier molecular flexibility index (Phi) is 7.77. The molecule has 0 aliphatic carbocycles. The number of ether oxygens (including phenoxy) is 1. The van der Waals surface area contributed by atoms with E-state index in [1.807, 2.05) is 36.6 Å². The van der Waals surface area contributed by atoms with Crippen LogP contribution in [0.3, 0.4) is 0 Å². The average Bonchev–Trinajstić information content (AvgIpc) is 3.13. The largest absolute Gasteiger partial charge is 0.480 e. The van der Waals surface area contributed by atoms with Gasteiger partial charge in [-0.15, -0.1) is 0 Å². The lowest BCUT2D eigenvalue weighted by Crippen LogP contribution is -2.51. The number of nitrogens with zero attached hydrogens (tertiary/aromatic N) is 1. The van der Waals surface area contributed by atoms with Gasteiger partial charge in [0.2, 0.25) is 5.91 Å². The van der Waals surface area contributed by atoms with Gasteiger partial charge in [-0.2, -0.15) is 11.8 Å². The number of likely N-dealkylation sites (tertiary alicyclic amines) is 1. The molecular formula is C18H24N2O5S. The molecule has 26 heavy (non-hydrogen) atoms. The Hall–Kier alpha value is -2.22. The molecule has 0 aromatic heterocycles. The first-order chi connectivity index (χ1) is 12.5. The molecular weight excluding hydrogens is 356 g/mol. The van der Waals surface area contributed by atoms with Crippen molar-refractivity contribution in [2.24, 2.45) is 0 Å². The molecule has 1 fully saturated rings. The minimum Gasteiger partial charge on any atom is -0.480 e. The molecule has 1 aliphatic rings. The Morgan fingerprint density at radius 2 is 2.08 bits per heavy atom. The number of hydrogen-bond acceptors (Lipinski definition) is 5. The van der Waals surface area contributed by atoms with Crippen LogP contribution in [-0.4, -0.2) is 58.6 Å². The number of aliphatic carboxylic acids is 1. The number of benzene rings is 1. The number of rotatable bonds is 8. The van der Waals surface area contributed by atoms with E-state index in [-0.39, 0.29) is 6.61 Å². The van der Waals surface area contributed by atoms with Gasteiger partial charge in [-0.25, -0.2) is 9.59 Å². The van der Waals surface area contributed by atoms with Crippen LogP contribution in [-0.2, 0) is 20.9 Å². The maximum atomic E-state index is 12.5. The summed E-state index contributed by atoms with van der Waals surface area (Å²) < 4.78 is 5.30. The minimum atomic E-state index is -1.07. The second-order valence-corrected chi connectivity index (χ2v) is 7.06. The number of amides is 2. The number of carbonyl (C=O) groups is 3. The zero-order valence-corrected chi connectivity index (χ0v) is 15.5. The van der Waals surface area contributed by atoms with Gasteiger partial charge in [0.1, 0.15) is 18.7 Å². The highest BCUT2D eigenvalue weighted by Gasteiger charge is 2.36. The van der Waals surface area contributed by atoms with Gasteiger partial charge in [-0.1, -0.05) is 30.3 Å². The third-order valence-corrected chi connectivity index (χ3v) is 4.86. The first-order valence-corrected chi connectivity index (χ1v) is 9.91. The first kappa shape index (κ1) is 20.1. The van der Waals surface area contributed by atoms with E-state index in [0.717, 1.165) is 5.56 Å². The standard InChI is InChI=1S/C18H24N2O5S/c1-26-11-9-14(17(22)23)19-16(21)15-8-5-10-20(15)18(24)25-12-13-6-3-2-4-7-13/h2-4,6-7,14-15H,5,8-12H2,1H3,(H,19,21)(H,22,23)/t14-,15-/m1/s1. The molecule has 7 nitrogen and oxygen atoms in total. The molecule has 0 spiro atoms. The molecule has 1 aromatic carbocycles. The second kappa shape index (κ2) is 10.1. The fourth-order valence-electron chi connectivity index (χ4n) is 2.82. The van der Waals surface area contributed by atoms with Crippen LogP contribution in [0, 0.1) is 0 Å². The zero-order chi connectivity index (χ0) is 18.9. The molecule has 2 atom stereocenters. The number of carbonyl (C=O) groups excluding carboxylic acids is 2. The highest BCUT2D eigenvalue weighted by molar-refractivity contribution is 7.98. The second-order valence-electron chi connectivity index (χ2n) is 6.07. The number of carboxylic acids is 1. The van der Waals surface area contributed by atoms with Crippen LogP contribution in [0.2, 0.25) is 0 Å². The minimum absolute atomic E-state index is 0.135. The molecule has 8 heteroatoms. The molecule has 0 bridgehead atoms. The van der Waals surface area contributed by atoms with Gasteiger partial charge in [0.15, 0.2) is 0 Å². The van der Waals surface area contributed by atoms with Crippen molar-refractivity contribution in [3.8, 4) is 0 Å². The van der Waals surface area contributed by atoms with E-state index >= 15 is 0 Å². The van der Waals surface area contributed by atoms with Crippen LogP contribution in [0.5, 0.6) is 0 Å². The Morgan fingerprint density at radius 3 is 2.73 bits per heavy atom. The van der Waals surface area contributed by atoms with E-state index < -0.39 is 30.1 Å². The van der Waals surface area contributed by atoms with Gasteiger partial charge < -0.3 is 15.2 Å². The average molecular weight is 380 g/mol. The monoisotopic (exact) mass is 380 g/mol. The molecule has 0 unspecified atom stereocenters. The van der Waals surface area contributed by atoms with E-state index in [0.29, 0.717) is 31.6 Å². The van der Waals surface area contributed by atoms with Gasteiger partial charge in [0.25, 0.3) is 0 Å². The Bertz CT molecular complexity index is 625. The van der Waals surface area contributed by atoms with Crippen LogP contribution in [0.15, 0.2) is 30.3 Å². The first-order valence-electron chi connectivity index (χ1n) is 8.52. The van der Waals surface area contributed by atoms with Crippen molar-refractivity contribution in [2.45, 2.75) is 38.0 Å². The third kappa shape index (κ3) is 5.66. The van der Waals surface area contributed by atoms with Crippen LogP contribution in [0.25, 0.3) is 0 Å². The molecule has 0 radical (unpaired) electrons. The predicted octanol–water partition coefficient (Wildman–Crippen LogP) is 2.11. The summed E-state index contributed by atoms with van der Waals surface area (Å²) in [7, 11) is 0. The van der Waals surface area contributed by atoms with Crippen LogP contribution >= 0.6 is 11.8 Å². The van der Waals surface area contributed by atoms with Crippen LogP contribution in [0.1, 0.15) is 24.8 Å². The Morgan fingerprint density at radius 1 is 1.35 bits per heavy atom. The van der Waals surface area contributed by atoms with E-state index in [4.69, 9.17) is 4.74 Å². The lowest BCUT2D eigenvalue weighted by molar-refractivity contribution is -0.142. The summed E-state index contributed by atoms with van der Waals surface area (Å²) in [6.07, 6.45) is 2.85. The highest BCUT2D eigenvalue weighted by atomic mass is 32.2. The van der Waals surface area contributed by atoms with Crippen molar-refractivity contribution >= 4 is 29.7 Å². The molecule has 1 aromatic rings. The number of carboxylic acid groups (broad SMARTS) is 1. The number of hydrogen-bond donors (Lipinski definition) is 2. The summed E-state index contributed by atoms with van der Waals surface area (Å²) in [5, 5.41) is 11.8. The molecule has 1 saturated heterocycles. The van der Waals surface area contributed by atoms with Crippen molar-refractivity contribution in [1.82, 2.24) is 10.2 Å². The summed E-state index contributed by atoms with van der Waals surface area (Å²) in [4.78, 5) is 37.5. The van der Waals surface area contributed by atoms with E-state index in [2.05, 4.69) is 5.32 Å². The lowest BCUT2D eigenvalue weighted by Gasteiger charge is -2.25. The molecule has 0 saturated carbocycles. The summed E-state index contributed by atoms with van der Waals surface area (Å²) in [6, 6.07) is 7.66. The van der Waals surface area contributed by atoms with E-state index in [1.54, 1.807) is 0 Å². The molecule has 1 aliphatic heterocycles. The summed E-state index contributed by atoms with van der Waals surface area (Å²) >= 11 is 1.52. The van der Waals surface area contributed by atoms with Gasteiger partial charge in [0.05, 0.1) is 0 Å². The van der Waals surface area contributed by atoms with Gasteiger partial charge >= 0.3 is 12.1 Å². The topological polar surface area (TPSA) is 95.9 Å². The maximum Gasteiger partial charge on any atom is 0.410 e. The lowest BCUT2D eigenvalue weighted by atomic mass is 10.1. The summed E-state index contributed by atoms with van der Waals surface area (Å²) in [6.45, 7) is 0.560. The third-order valence-electron chi connectivity index (χ3n) is 4.22. The number of nitrogens with one attached hydrogen (secondary N) is 1. The van der Waals surface area contributed by atoms with Crippen molar-refractivity contribution in [1.29, 1.82) is 0 Å². The zero-order valence-electron chi connectivity index (χ0n) is 14.7. The molecule has 2 amide bonds. The maximum absolute atomic E-state index is 12.5. The van der Waals surface area contributed by atoms with E-state index in [1.165, 1.54) is 16.7 Å². The Balaban J connectivity index is 1.91. The quantitative estimate of drug-likeness (QED) is 0.717.